The van der Waals surface area contributed by atoms with E-state index >= 15 is 0 Å². The van der Waals surface area contributed by atoms with Crippen molar-refractivity contribution in [2.75, 3.05) is 0 Å². The second-order valence-electron chi connectivity index (χ2n) is 4.16. The summed E-state index contributed by atoms with van der Waals surface area (Å²) in [7, 11) is 0. The fourth-order valence-electron chi connectivity index (χ4n) is 1.85. The van der Waals surface area contributed by atoms with Crippen LogP contribution in [0.5, 0.6) is 0 Å². The van der Waals surface area contributed by atoms with Crippen molar-refractivity contribution in [3.05, 3.63) is 51.5 Å². The highest BCUT2D eigenvalue weighted by Crippen LogP contribution is 2.22. The summed E-state index contributed by atoms with van der Waals surface area (Å²) in [4.78, 5) is 6.12. The van der Waals surface area contributed by atoms with Crippen molar-refractivity contribution >= 4 is 28.5 Å². The summed E-state index contributed by atoms with van der Waals surface area (Å²) in [5.74, 6) is 0. The molecule has 0 saturated heterocycles. The molecule has 0 amide bonds. The highest BCUT2D eigenvalue weighted by atomic mass is 32.1. The molecule has 1 heterocycles. The number of nitrogens with two attached hydrogens (primary N) is 1. The van der Waals surface area contributed by atoms with Gasteiger partial charge in [0.1, 0.15) is 4.99 Å². The van der Waals surface area contributed by atoms with E-state index in [1.165, 1.54) is 5.56 Å². The largest absolute Gasteiger partial charge is 0.389 e. The van der Waals surface area contributed by atoms with Gasteiger partial charge in [0.15, 0.2) is 0 Å². The lowest BCUT2D eigenvalue weighted by Gasteiger charge is -1.96. The van der Waals surface area contributed by atoms with E-state index < -0.39 is 0 Å². The number of nitrogens with zero attached hydrogens (tertiary/aromatic N) is 1. The lowest BCUT2D eigenvalue weighted by Crippen LogP contribution is -2.09. The maximum atomic E-state index is 5.75. The van der Waals surface area contributed by atoms with E-state index in [0.29, 0.717) is 4.99 Å². The number of rotatable bonds is 5. The molecule has 0 fully saturated rings. The van der Waals surface area contributed by atoms with E-state index in [1.54, 1.807) is 11.3 Å². The summed E-state index contributed by atoms with van der Waals surface area (Å²) < 4.78 is 0. The second-order valence-corrected chi connectivity index (χ2v) is 5.68. The first-order chi connectivity index (χ1) is 8.70. The highest BCUT2D eigenvalue weighted by molar-refractivity contribution is 7.81. The van der Waals surface area contributed by atoms with E-state index in [2.05, 4.69) is 24.0 Å². The highest BCUT2D eigenvalue weighted by Gasteiger charge is 2.12. The Bertz CT molecular complexity index is 532. The SMILES string of the molecule is CCCc1nc(Cc2ccccc2)sc1C(N)=S. The molecule has 2 nitrogen and oxygen atoms in total. The van der Waals surface area contributed by atoms with Crippen LogP contribution < -0.4 is 5.73 Å². The lowest BCUT2D eigenvalue weighted by molar-refractivity contribution is 0.881. The molecule has 94 valence electrons. The van der Waals surface area contributed by atoms with Crippen molar-refractivity contribution in [3.63, 3.8) is 0 Å². The number of thiocarbonyl (C=S) groups is 1. The lowest BCUT2D eigenvalue weighted by atomic mass is 10.2. The Hall–Kier alpha value is -1.26. The van der Waals surface area contributed by atoms with Crippen LogP contribution in [0.4, 0.5) is 0 Å². The van der Waals surface area contributed by atoms with Gasteiger partial charge in [-0.1, -0.05) is 55.9 Å². The van der Waals surface area contributed by atoms with E-state index in [4.69, 9.17) is 18.0 Å². The predicted molar refractivity (Wildman–Crippen MR) is 81.2 cm³/mol. The smallest absolute Gasteiger partial charge is 0.116 e. The summed E-state index contributed by atoms with van der Waals surface area (Å²) in [6.07, 6.45) is 2.85. The van der Waals surface area contributed by atoms with Crippen molar-refractivity contribution in [3.8, 4) is 0 Å². The van der Waals surface area contributed by atoms with Crippen LogP contribution in [0.3, 0.4) is 0 Å². The molecule has 1 aromatic carbocycles. The van der Waals surface area contributed by atoms with Gasteiger partial charge in [0, 0.05) is 6.42 Å². The van der Waals surface area contributed by atoms with Crippen LogP contribution in [0, 0.1) is 0 Å². The fourth-order valence-corrected chi connectivity index (χ4v) is 3.08. The molecule has 18 heavy (non-hydrogen) atoms. The molecule has 4 heteroatoms. The zero-order chi connectivity index (χ0) is 13.0. The van der Waals surface area contributed by atoms with Gasteiger partial charge in [-0.05, 0) is 12.0 Å². The Labute approximate surface area is 117 Å². The minimum absolute atomic E-state index is 0.468. The third-order valence-corrected chi connectivity index (χ3v) is 4.11. The maximum absolute atomic E-state index is 5.75. The van der Waals surface area contributed by atoms with Crippen LogP contribution in [0.1, 0.15) is 34.5 Å². The van der Waals surface area contributed by atoms with E-state index in [-0.39, 0.29) is 0 Å². The van der Waals surface area contributed by atoms with Crippen LogP contribution in [0.2, 0.25) is 0 Å². The molecule has 2 N–H and O–H groups in total. The molecule has 0 aliphatic rings. The Morgan fingerprint density at radius 3 is 2.67 bits per heavy atom. The standard InChI is InChI=1S/C14H16N2S2/c1-2-6-11-13(14(15)17)18-12(16-11)9-10-7-4-3-5-8-10/h3-5,7-8H,2,6,9H2,1H3,(H2,15,17). The van der Waals surface area contributed by atoms with Gasteiger partial charge >= 0.3 is 0 Å². The van der Waals surface area contributed by atoms with Crippen molar-refractivity contribution < 1.29 is 0 Å². The quantitative estimate of drug-likeness (QED) is 0.851. The molecule has 2 rings (SSSR count). The number of thiazole rings is 1. The average molecular weight is 276 g/mol. The summed E-state index contributed by atoms with van der Waals surface area (Å²) in [6.45, 7) is 2.14. The molecular weight excluding hydrogens is 260 g/mol. The Morgan fingerprint density at radius 1 is 1.33 bits per heavy atom. The Kier molecular flexibility index (Phi) is 4.44. The first kappa shape index (κ1) is 13.2. The molecule has 0 saturated carbocycles. The van der Waals surface area contributed by atoms with Crippen molar-refractivity contribution in [1.82, 2.24) is 4.98 Å². The first-order valence-electron chi connectivity index (χ1n) is 6.03. The molecule has 0 spiro atoms. The van der Waals surface area contributed by atoms with Gasteiger partial charge in [-0.3, -0.25) is 0 Å². The van der Waals surface area contributed by atoms with Gasteiger partial charge < -0.3 is 5.73 Å². The van der Waals surface area contributed by atoms with Crippen LogP contribution >= 0.6 is 23.6 Å². The van der Waals surface area contributed by atoms with Gasteiger partial charge in [0.2, 0.25) is 0 Å². The number of hydrogen-bond donors (Lipinski definition) is 1. The molecular formula is C14H16N2S2. The van der Waals surface area contributed by atoms with E-state index in [0.717, 1.165) is 34.8 Å². The minimum atomic E-state index is 0.468. The monoisotopic (exact) mass is 276 g/mol. The number of aromatic nitrogens is 1. The topological polar surface area (TPSA) is 38.9 Å². The third kappa shape index (κ3) is 3.15. The van der Waals surface area contributed by atoms with Crippen LogP contribution in [-0.4, -0.2) is 9.97 Å². The van der Waals surface area contributed by atoms with E-state index in [1.807, 2.05) is 18.2 Å². The van der Waals surface area contributed by atoms with E-state index in [9.17, 15) is 0 Å². The Balaban J connectivity index is 2.24. The molecule has 0 bridgehead atoms. The molecule has 0 radical (unpaired) electrons. The van der Waals surface area contributed by atoms with Crippen LogP contribution in [0.25, 0.3) is 0 Å². The van der Waals surface area contributed by atoms with Gasteiger partial charge in [-0.2, -0.15) is 0 Å². The summed E-state index contributed by atoms with van der Waals surface area (Å²) in [6, 6.07) is 10.3. The van der Waals surface area contributed by atoms with Gasteiger partial charge in [-0.15, -0.1) is 11.3 Å². The van der Waals surface area contributed by atoms with Gasteiger partial charge in [-0.25, -0.2) is 4.98 Å². The maximum Gasteiger partial charge on any atom is 0.116 e. The van der Waals surface area contributed by atoms with Gasteiger partial charge in [0.05, 0.1) is 15.6 Å². The molecule has 2 aromatic rings. The van der Waals surface area contributed by atoms with Crippen LogP contribution in [-0.2, 0) is 12.8 Å². The molecule has 1 aromatic heterocycles. The average Bonchev–Trinajstić information content (AvgIpc) is 2.74. The molecule has 0 atom stereocenters. The van der Waals surface area contributed by atoms with Crippen molar-refractivity contribution in [1.29, 1.82) is 0 Å². The first-order valence-corrected chi connectivity index (χ1v) is 7.25. The second kappa shape index (κ2) is 6.07. The molecule has 0 aliphatic heterocycles. The normalized spacial score (nSPS) is 10.5. The molecule has 0 aliphatic carbocycles. The number of benzene rings is 1. The predicted octanol–water partition coefficient (Wildman–Crippen LogP) is 3.32. The third-order valence-electron chi connectivity index (χ3n) is 2.65. The summed E-state index contributed by atoms with van der Waals surface area (Å²) in [5, 5.41) is 1.09. The number of aryl methyl sites for hydroxylation is 1. The van der Waals surface area contributed by atoms with Crippen LogP contribution in [0.15, 0.2) is 30.3 Å². The van der Waals surface area contributed by atoms with Crippen molar-refractivity contribution in [2.45, 2.75) is 26.2 Å². The summed E-state index contributed by atoms with van der Waals surface area (Å²) >= 11 is 6.71. The fraction of sp³-hybridized carbons (Fsp3) is 0.286. The zero-order valence-electron chi connectivity index (χ0n) is 10.3. The zero-order valence-corrected chi connectivity index (χ0v) is 12.0. The Morgan fingerprint density at radius 2 is 2.06 bits per heavy atom. The van der Waals surface area contributed by atoms with Crippen molar-refractivity contribution in [2.24, 2.45) is 5.73 Å². The minimum Gasteiger partial charge on any atom is -0.389 e. The molecule has 0 unspecified atom stereocenters. The van der Waals surface area contributed by atoms with Gasteiger partial charge in [0.25, 0.3) is 0 Å². The summed E-state index contributed by atoms with van der Waals surface area (Å²) in [5.41, 5.74) is 8.08. The number of hydrogen-bond acceptors (Lipinski definition) is 3.